The summed E-state index contributed by atoms with van der Waals surface area (Å²) in [7, 11) is 1.70. The molecule has 0 heterocycles. The minimum atomic E-state index is 0.142. The molecule has 0 bridgehead atoms. The summed E-state index contributed by atoms with van der Waals surface area (Å²) in [4.78, 5) is 0. The molecule has 13 heavy (non-hydrogen) atoms. The van der Waals surface area contributed by atoms with Crippen LogP contribution in [-0.4, -0.2) is 38.5 Å². The highest BCUT2D eigenvalue weighted by atomic mass is 16.5. The van der Waals surface area contributed by atoms with Crippen molar-refractivity contribution in [1.82, 2.24) is 5.32 Å². The fourth-order valence-corrected chi connectivity index (χ4v) is 1.01. The van der Waals surface area contributed by atoms with Gasteiger partial charge in [0.1, 0.15) is 0 Å². The summed E-state index contributed by atoms with van der Waals surface area (Å²) in [5.41, 5.74) is 0.142. The Morgan fingerprint density at radius 2 is 1.92 bits per heavy atom. The lowest BCUT2D eigenvalue weighted by atomic mass is 10.1. The fraction of sp³-hybridized carbons (Fsp3) is 1.00. The van der Waals surface area contributed by atoms with Crippen LogP contribution >= 0.6 is 0 Å². The molecule has 0 amide bonds. The second-order valence-corrected chi connectivity index (χ2v) is 4.16. The summed E-state index contributed by atoms with van der Waals surface area (Å²) in [6.45, 7) is 10.6. The molecule has 80 valence electrons. The van der Waals surface area contributed by atoms with Gasteiger partial charge in [0, 0.05) is 25.8 Å². The van der Waals surface area contributed by atoms with E-state index in [0.717, 1.165) is 13.2 Å². The molecule has 1 N–H and O–H groups in total. The maximum atomic E-state index is 5.49. The standard InChI is InChI=1S/C10H23NO2/c1-6-13-9(8-12-5)7-11-10(2,3)4/h9,11H,6-8H2,1-5H3. The van der Waals surface area contributed by atoms with Gasteiger partial charge in [-0.15, -0.1) is 0 Å². The van der Waals surface area contributed by atoms with Crippen LogP contribution in [0.5, 0.6) is 0 Å². The highest BCUT2D eigenvalue weighted by Crippen LogP contribution is 2.00. The Balaban J connectivity index is 3.68. The van der Waals surface area contributed by atoms with Crippen molar-refractivity contribution in [2.24, 2.45) is 0 Å². The normalized spacial score (nSPS) is 14.5. The van der Waals surface area contributed by atoms with E-state index >= 15 is 0 Å². The first-order chi connectivity index (χ1) is 5.99. The largest absolute Gasteiger partial charge is 0.382 e. The molecule has 0 aliphatic heterocycles. The molecule has 0 saturated heterocycles. The van der Waals surface area contributed by atoms with Crippen LogP contribution in [0.2, 0.25) is 0 Å². The number of methoxy groups -OCH3 is 1. The maximum Gasteiger partial charge on any atom is 0.0932 e. The first-order valence-corrected chi connectivity index (χ1v) is 4.85. The third kappa shape index (κ3) is 8.22. The van der Waals surface area contributed by atoms with Gasteiger partial charge in [0.25, 0.3) is 0 Å². The van der Waals surface area contributed by atoms with Crippen LogP contribution in [0.25, 0.3) is 0 Å². The van der Waals surface area contributed by atoms with Gasteiger partial charge in [0.15, 0.2) is 0 Å². The van der Waals surface area contributed by atoms with Crippen molar-refractivity contribution in [2.45, 2.75) is 39.3 Å². The van der Waals surface area contributed by atoms with E-state index in [1.807, 2.05) is 6.92 Å². The van der Waals surface area contributed by atoms with Crippen LogP contribution in [0.4, 0.5) is 0 Å². The molecule has 3 nitrogen and oxygen atoms in total. The number of rotatable bonds is 6. The maximum absolute atomic E-state index is 5.49. The Kier molecular flexibility index (Phi) is 6.29. The van der Waals surface area contributed by atoms with Gasteiger partial charge in [-0.25, -0.2) is 0 Å². The third-order valence-corrected chi connectivity index (χ3v) is 1.61. The highest BCUT2D eigenvalue weighted by Gasteiger charge is 2.13. The molecule has 0 radical (unpaired) electrons. The molecule has 0 rings (SSSR count). The van der Waals surface area contributed by atoms with Crippen LogP contribution in [0, 0.1) is 0 Å². The van der Waals surface area contributed by atoms with Crippen LogP contribution in [0.3, 0.4) is 0 Å². The summed E-state index contributed by atoms with van der Waals surface area (Å²) >= 11 is 0. The van der Waals surface area contributed by atoms with E-state index in [9.17, 15) is 0 Å². The minimum Gasteiger partial charge on any atom is -0.382 e. The summed E-state index contributed by atoms with van der Waals surface area (Å²) in [6, 6.07) is 0. The number of hydrogen-bond acceptors (Lipinski definition) is 3. The summed E-state index contributed by atoms with van der Waals surface area (Å²) < 4.78 is 10.5. The van der Waals surface area contributed by atoms with Crippen molar-refractivity contribution >= 4 is 0 Å². The van der Waals surface area contributed by atoms with Crippen molar-refractivity contribution in [3.63, 3.8) is 0 Å². The molecule has 3 heteroatoms. The fourth-order valence-electron chi connectivity index (χ4n) is 1.01. The molecule has 0 aromatic carbocycles. The Morgan fingerprint density at radius 1 is 1.31 bits per heavy atom. The molecule has 0 spiro atoms. The third-order valence-electron chi connectivity index (χ3n) is 1.61. The number of hydrogen-bond donors (Lipinski definition) is 1. The number of ether oxygens (including phenoxy) is 2. The van der Waals surface area contributed by atoms with Gasteiger partial charge < -0.3 is 14.8 Å². The van der Waals surface area contributed by atoms with E-state index in [-0.39, 0.29) is 11.6 Å². The first kappa shape index (κ1) is 12.9. The number of nitrogens with one attached hydrogen (secondary N) is 1. The van der Waals surface area contributed by atoms with Gasteiger partial charge in [-0.2, -0.15) is 0 Å². The second kappa shape index (κ2) is 6.35. The van der Waals surface area contributed by atoms with Crippen molar-refractivity contribution in [1.29, 1.82) is 0 Å². The van der Waals surface area contributed by atoms with E-state index in [0.29, 0.717) is 6.61 Å². The lowest BCUT2D eigenvalue weighted by Crippen LogP contribution is -2.43. The van der Waals surface area contributed by atoms with Gasteiger partial charge in [-0.1, -0.05) is 0 Å². The summed E-state index contributed by atoms with van der Waals surface area (Å²) in [6.07, 6.45) is 0.161. The van der Waals surface area contributed by atoms with E-state index in [2.05, 4.69) is 26.1 Å². The molecule has 0 saturated carbocycles. The van der Waals surface area contributed by atoms with E-state index in [4.69, 9.17) is 9.47 Å². The molecule has 0 fully saturated rings. The summed E-state index contributed by atoms with van der Waals surface area (Å²) in [5.74, 6) is 0. The van der Waals surface area contributed by atoms with Gasteiger partial charge in [-0.05, 0) is 27.7 Å². The lowest BCUT2D eigenvalue weighted by Gasteiger charge is -2.24. The Labute approximate surface area is 81.8 Å². The van der Waals surface area contributed by atoms with Crippen molar-refractivity contribution in [3.05, 3.63) is 0 Å². The van der Waals surface area contributed by atoms with Crippen LogP contribution in [-0.2, 0) is 9.47 Å². The van der Waals surface area contributed by atoms with Crippen LogP contribution in [0.15, 0.2) is 0 Å². The Bertz CT molecular complexity index is 115. The summed E-state index contributed by atoms with van der Waals surface area (Å²) in [5, 5.41) is 3.39. The zero-order valence-electron chi connectivity index (χ0n) is 9.52. The van der Waals surface area contributed by atoms with Crippen LogP contribution in [0.1, 0.15) is 27.7 Å². The SMILES string of the molecule is CCOC(CNC(C)(C)C)COC. The van der Waals surface area contributed by atoms with E-state index < -0.39 is 0 Å². The second-order valence-electron chi connectivity index (χ2n) is 4.16. The van der Waals surface area contributed by atoms with Gasteiger partial charge >= 0.3 is 0 Å². The van der Waals surface area contributed by atoms with E-state index in [1.54, 1.807) is 7.11 Å². The predicted molar refractivity (Wildman–Crippen MR) is 55.0 cm³/mol. The Hall–Kier alpha value is -0.120. The van der Waals surface area contributed by atoms with Gasteiger partial charge in [0.05, 0.1) is 12.7 Å². The average molecular weight is 189 g/mol. The lowest BCUT2D eigenvalue weighted by molar-refractivity contribution is 0.00209. The Morgan fingerprint density at radius 3 is 2.31 bits per heavy atom. The van der Waals surface area contributed by atoms with Gasteiger partial charge in [0.2, 0.25) is 0 Å². The smallest absolute Gasteiger partial charge is 0.0932 e. The molecule has 1 unspecified atom stereocenters. The van der Waals surface area contributed by atoms with E-state index in [1.165, 1.54) is 0 Å². The van der Waals surface area contributed by atoms with Gasteiger partial charge in [-0.3, -0.25) is 0 Å². The molecule has 1 atom stereocenters. The molecule has 0 aliphatic rings. The molecule has 0 aliphatic carbocycles. The quantitative estimate of drug-likeness (QED) is 0.685. The van der Waals surface area contributed by atoms with Crippen molar-refractivity contribution < 1.29 is 9.47 Å². The molecular formula is C10H23NO2. The predicted octanol–water partition coefficient (Wildman–Crippen LogP) is 1.43. The van der Waals surface area contributed by atoms with Crippen molar-refractivity contribution in [2.75, 3.05) is 26.9 Å². The first-order valence-electron chi connectivity index (χ1n) is 4.85. The van der Waals surface area contributed by atoms with Crippen LogP contribution < -0.4 is 5.32 Å². The molecule has 0 aromatic rings. The zero-order valence-corrected chi connectivity index (χ0v) is 9.52. The molecular weight excluding hydrogens is 166 g/mol. The minimum absolute atomic E-state index is 0.142. The monoisotopic (exact) mass is 189 g/mol. The average Bonchev–Trinajstić information content (AvgIpc) is 2.00. The molecule has 0 aromatic heterocycles. The topological polar surface area (TPSA) is 30.5 Å². The highest BCUT2D eigenvalue weighted by molar-refractivity contribution is 4.73. The zero-order chi connectivity index (χ0) is 10.3. The van der Waals surface area contributed by atoms with Crippen molar-refractivity contribution in [3.8, 4) is 0 Å².